The summed E-state index contributed by atoms with van der Waals surface area (Å²) in [5, 5.41) is 0.887. The minimum Gasteiger partial charge on any atom is -0.345 e. The van der Waals surface area contributed by atoms with E-state index in [4.69, 9.17) is 0 Å². The number of likely N-dealkylation sites (tertiary alicyclic amines) is 2. The number of nitrogens with zero attached hydrogens (tertiary/aromatic N) is 3. The van der Waals surface area contributed by atoms with E-state index in [1.807, 2.05) is 11.0 Å². The first-order chi connectivity index (χ1) is 13.6. The van der Waals surface area contributed by atoms with Crippen LogP contribution in [-0.4, -0.2) is 51.9 Å². The van der Waals surface area contributed by atoms with E-state index in [0.29, 0.717) is 0 Å². The van der Waals surface area contributed by atoms with Gasteiger partial charge in [-0.25, -0.2) is 4.98 Å². The third-order valence-electron chi connectivity index (χ3n) is 6.22. The van der Waals surface area contributed by atoms with Crippen LogP contribution < -0.4 is 0 Å². The number of aromatic nitrogens is 2. The van der Waals surface area contributed by atoms with Gasteiger partial charge in [0, 0.05) is 53.8 Å². The molecule has 1 amide bonds. The second-order valence-corrected chi connectivity index (χ2v) is 9.09. The van der Waals surface area contributed by atoms with Crippen LogP contribution >= 0.6 is 15.9 Å². The SMILES string of the molecule is O=C(c1c[nH]c2ncc(Br)cc12)N1CCC2(CCN(Cc3ccccc3)C2)C1. The average Bonchev–Trinajstić information content (AvgIpc) is 3.41. The fourth-order valence-electron chi connectivity index (χ4n) is 4.77. The molecular formula is C22H23BrN4O. The van der Waals surface area contributed by atoms with Crippen LogP contribution in [0.15, 0.2) is 53.3 Å². The van der Waals surface area contributed by atoms with Gasteiger partial charge in [-0.05, 0) is 46.9 Å². The van der Waals surface area contributed by atoms with Crippen LogP contribution in [0.2, 0.25) is 0 Å². The second-order valence-electron chi connectivity index (χ2n) is 8.18. The van der Waals surface area contributed by atoms with Crippen molar-refractivity contribution in [2.75, 3.05) is 26.2 Å². The average molecular weight is 439 g/mol. The zero-order valence-electron chi connectivity index (χ0n) is 15.7. The van der Waals surface area contributed by atoms with E-state index in [-0.39, 0.29) is 11.3 Å². The predicted molar refractivity (Wildman–Crippen MR) is 113 cm³/mol. The van der Waals surface area contributed by atoms with Gasteiger partial charge in [-0.2, -0.15) is 0 Å². The highest BCUT2D eigenvalue weighted by atomic mass is 79.9. The van der Waals surface area contributed by atoms with E-state index < -0.39 is 0 Å². The molecule has 28 heavy (non-hydrogen) atoms. The predicted octanol–water partition coefficient (Wildman–Crippen LogP) is 4.06. The molecule has 3 aromatic rings. The molecule has 0 saturated carbocycles. The number of pyridine rings is 1. The lowest BCUT2D eigenvalue weighted by atomic mass is 9.86. The van der Waals surface area contributed by atoms with Crippen LogP contribution in [0.1, 0.15) is 28.8 Å². The largest absolute Gasteiger partial charge is 0.345 e. The van der Waals surface area contributed by atoms with Gasteiger partial charge < -0.3 is 9.88 Å². The van der Waals surface area contributed by atoms with Gasteiger partial charge in [-0.15, -0.1) is 0 Å². The number of halogens is 1. The lowest BCUT2D eigenvalue weighted by Crippen LogP contribution is -2.33. The molecule has 0 aliphatic carbocycles. The number of H-pyrrole nitrogens is 1. The molecule has 6 heteroatoms. The van der Waals surface area contributed by atoms with Gasteiger partial charge in [0.25, 0.3) is 5.91 Å². The maximum atomic E-state index is 13.2. The number of aromatic amines is 1. The first kappa shape index (κ1) is 17.9. The molecule has 0 radical (unpaired) electrons. The number of carbonyl (C=O) groups is 1. The summed E-state index contributed by atoms with van der Waals surface area (Å²) in [6.45, 7) is 4.88. The van der Waals surface area contributed by atoms with Gasteiger partial charge in [-0.3, -0.25) is 9.69 Å². The number of carbonyl (C=O) groups excluding carboxylic acids is 1. The van der Waals surface area contributed by atoms with Crippen molar-refractivity contribution >= 4 is 32.9 Å². The van der Waals surface area contributed by atoms with Gasteiger partial charge in [0.05, 0.1) is 5.56 Å². The maximum absolute atomic E-state index is 13.2. The van der Waals surface area contributed by atoms with Crippen molar-refractivity contribution < 1.29 is 4.79 Å². The first-order valence-corrected chi connectivity index (χ1v) is 10.6. The molecule has 1 atom stereocenters. The van der Waals surface area contributed by atoms with Crippen LogP contribution in [0.25, 0.3) is 11.0 Å². The quantitative estimate of drug-likeness (QED) is 0.670. The number of benzene rings is 1. The molecule has 1 N–H and O–H groups in total. The summed E-state index contributed by atoms with van der Waals surface area (Å²) in [4.78, 5) is 25.2. The normalized spacial score (nSPS) is 22.5. The molecular weight excluding hydrogens is 416 g/mol. The number of hydrogen-bond acceptors (Lipinski definition) is 3. The fraction of sp³-hybridized carbons (Fsp3) is 0.364. The molecule has 2 aliphatic heterocycles. The Balaban J connectivity index is 1.29. The highest BCUT2D eigenvalue weighted by molar-refractivity contribution is 9.10. The fourth-order valence-corrected chi connectivity index (χ4v) is 5.10. The Kier molecular flexibility index (Phi) is 4.48. The molecule has 0 bridgehead atoms. The van der Waals surface area contributed by atoms with Gasteiger partial charge in [0.2, 0.25) is 0 Å². The Hall–Kier alpha value is -2.18. The van der Waals surface area contributed by atoms with Crippen molar-refractivity contribution in [1.29, 1.82) is 0 Å². The van der Waals surface area contributed by atoms with Crippen molar-refractivity contribution in [3.8, 4) is 0 Å². The van der Waals surface area contributed by atoms with Crippen LogP contribution in [-0.2, 0) is 6.54 Å². The zero-order chi connectivity index (χ0) is 19.1. The molecule has 2 aromatic heterocycles. The van der Waals surface area contributed by atoms with E-state index in [1.54, 1.807) is 12.4 Å². The Morgan fingerprint density at radius 2 is 2.00 bits per heavy atom. The highest BCUT2D eigenvalue weighted by Crippen LogP contribution is 2.40. The van der Waals surface area contributed by atoms with Crippen molar-refractivity contribution in [1.82, 2.24) is 19.8 Å². The third-order valence-corrected chi connectivity index (χ3v) is 6.65. The van der Waals surface area contributed by atoms with Crippen molar-refractivity contribution in [3.63, 3.8) is 0 Å². The summed E-state index contributed by atoms with van der Waals surface area (Å²) in [6, 6.07) is 12.6. The topological polar surface area (TPSA) is 52.2 Å². The monoisotopic (exact) mass is 438 g/mol. The van der Waals surface area contributed by atoms with Gasteiger partial charge >= 0.3 is 0 Å². The number of amides is 1. The third kappa shape index (κ3) is 3.25. The zero-order valence-corrected chi connectivity index (χ0v) is 17.3. The number of nitrogens with one attached hydrogen (secondary N) is 1. The lowest BCUT2D eigenvalue weighted by molar-refractivity contribution is 0.0775. The minimum absolute atomic E-state index is 0.115. The van der Waals surface area contributed by atoms with Crippen LogP contribution in [0, 0.1) is 5.41 Å². The number of rotatable bonds is 3. The molecule has 5 rings (SSSR count). The summed E-state index contributed by atoms with van der Waals surface area (Å²) < 4.78 is 0.888. The van der Waals surface area contributed by atoms with E-state index in [2.05, 4.69) is 61.1 Å². The number of hydrogen-bond donors (Lipinski definition) is 1. The first-order valence-electron chi connectivity index (χ1n) is 9.80. The van der Waals surface area contributed by atoms with Gasteiger partial charge in [-0.1, -0.05) is 30.3 Å². The molecule has 2 fully saturated rings. The summed E-state index contributed by atoms with van der Waals surface area (Å²) in [6.07, 6.45) is 5.81. The Bertz CT molecular complexity index is 1020. The van der Waals surface area contributed by atoms with Crippen molar-refractivity contribution in [2.24, 2.45) is 5.41 Å². The molecule has 2 saturated heterocycles. The van der Waals surface area contributed by atoms with E-state index >= 15 is 0 Å². The van der Waals surface area contributed by atoms with Crippen LogP contribution in [0.4, 0.5) is 0 Å². The smallest absolute Gasteiger partial charge is 0.256 e. The molecule has 1 unspecified atom stereocenters. The lowest BCUT2D eigenvalue weighted by Gasteiger charge is -2.25. The van der Waals surface area contributed by atoms with Gasteiger partial charge in [0.15, 0.2) is 0 Å². The summed E-state index contributed by atoms with van der Waals surface area (Å²) in [5.41, 5.74) is 3.09. The Morgan fingerprint density at radius 3 is 2.86 bits per heavy atom. The van der Waals surface area contributed by atoms with E-state index in [1.165, 1.54) is 12.0 Å². The summed E-state index contributed by atoms with van der Waals surface area (Å²) in [7, 11) is 0. The molecule has 5 nitrogen and oxygen atoms in total. The molecule has 1 spiro atoms. The standard InChI is InChI=1S/C22H23BrN4O/c23-17-10-18-19(12-25-20(18)24-11-17)21(28)27-9-7-22(15-27)6-8-26(14-22)13-16-4-2-1-3-5-16/h1-5,10-12H,6-9,13-15H2,(H,24,25). The van der Waals surface area contributed by atoms with E-state index in [0.717, 1.165) is 60.2 Å². The molecule has 2 aliphatic rings. The Morgan fingerprint density at radius 1 is 1.18 bits per heavy atom. The molecule has 4 heterocycles. The van der Waals surface area contributed by atoms with E-state index in [9.17, 15) is 4.79 Å². The molecule has 1 aromatic carbocycles. The van der Waals surface area contributed by atoms with Crippen LogP contribution in [0.5, 0.6) is 0 Å². The van der Waals surface area contributed by atoms with Crippen molar-refractivity contribution in [2.45, 2.75) is 19.4 Å². The summed E-state index contributed by atoms with van der Waals surface area (Å²) >= 11 is 3.46. The summed E-state index contributed by atoms with van der Waals surface area (Å²) in [5.74, 6) is 0.115. The van der Waals surface area contributed by atoms with Crippen LogP contribution in [0.3, 0.4) is 0 Å². The second kappa shape index (κ2) is 7.01. The molecule has 144 valence electrons. The Labute approximate surface area is 172 Å². The highest BCUT2D eigenvalue weighted by Gasteiger charge is 2.44. The maximum Gasteiger partial charge on any atom is 0.256 e. The minimum atomic E-state index is 0.115. The van der Waals surface area contributed by atoms with Gasteiger partial charge in [0.1, 0.15) is 5.65 Å². The van der Waals surface area contributed by atoms with Crippen molar-refractivity contribution in [3.05, 3.63) is 64.4 Å². The number of fused-ring (bicyclic) bond motifs is 1.